The predicted octanol–water partition coefficient (Wildman–Crippen LogP) is -0.941. The topological polar surface area (TPSA) is 95.5 Å². The second kappa shape index (κ2) is 2.21. The fourth-order valence-corrected chi connectivity index (χ4v) is 1.77. The molecule has 6 nitrogen and oxygen atoms in total. The molecule has 3 N–H and O–H groups in total. The van der Waals surface area contributed by atoms with Gasteiger partial charge >= 0.3 is 6.09 Å². The molecule has 0 radical (unpaired) electrons. The Kier molecular flexibility index (Phi) is 1.37. The Labute approximate surface area is 73.3 Å². The second-order valence-electron chi connectivity index (χ2n) is 3.38. The van der Waals surface area contributed by atoms with Gasteiger partial charge in [-0.3, -0.25) is 14.9 Å². The molecular weight excluding hydrogens is 176 g/mol. The molecule has 70 valence electrons. The lowest BCUT2D eigenvalue weighted by Gasteiger charge is -2.20. The van der Waals surface area contributed by atoms with Crippen LogP contribution in [0.2, 0.25) is 0 Å². The van der Waals surface area contributed by atoms with Gasteiger partial charge in [-0.05, 0) is 6.42 Å². The van der Waals surface area contributed by atoms with Crippen molar-refractivity contribution in [3.8, 4) is 0 Å². The monoisotopic (exact) mass is 184 g/mol. The summed E-state index contributed by atoms with van der Waals surface area (Å²) in [6, 6.07) is 0. The van der Waals surface area contributed by atoms with Crippen LogP contribution < -0.4 is 10.6 Å². The number of fused-ring (bicyclic) bond motifs is 1. The summed E-state index contributed by atoms with van der Waals surface area (Å²) in [5.41, 5.74) is -1.01. The van der Waals surface area contributed by atoms with Crippen LogP contribution in [0.1, 0.15) is 12.8 Å². The third-order valence-electron chi connectivity index (χ3n) is 2.53. The normalized spacial score (nSPS) is 36.2. The van der Waals surface area contributed by atoms with E-state index in [1.807, 2.05) is 0 Å². The zero-order chi connectivity index (χ0) is 9.64. The molecule has 2 atom stereocenters. The molecule has 0 bridgehead atoms. The average molecular weight is 184 g/mol. The summed E-state index contributed by atoms with van der Waals surface area (Å²) in [7, 11) is 0. The number of carbonyl (C=O) groups excluding carboxylic acids is 2. The zero-order valence-corrected chi connectivity index (χ0v) is 6.66. The van der Waals surface area contributed by atoms with Crippen molar-refractivity contribution in [1.29, 1.82) is 0 Å². The van der Waals surface area contributed by atoms with Gasteiger partial charge in [0.25, 0.3) is 5.91 Å². The third-order valence-corrected chi connectivity index (χ3v) is 2.53. The fourth-order valence-electron chi connectivity index (χ4n) is 1.77. The number of nitrogens with one attached hydrogen (secondary N) is 2. The van der Waals surface area contributed by atoms with Gasteiger partial charge in [-0.15, -0.1) is 0 Å². The van der Waals surface area contributed by atoms with Gasteiger partial charge in [0.15, 0.2) is 0 Å². The quantitative estimate of drug-likeness (QED) is 0.458. The number of rotatable bonds is 1. The minimum absolute atomic E-state index is 0.148. The average Bonchev–Trinajstić information content (AvgIpc) is 2.61. The molecule has 0 aromatic heterocycles. The van der Waals surface area contributed by atoms with Crippen molar-refractivity contribution in [3.05, 3.63) is 0 Å². The number of amides is 3. The number of carbonyl (C=O) groups is 3. The Bertz CT molecular complexity index is 314. The molecule has 3 amide bonds. The summed E-state index contributed by atoms with van der Waals surface area (Å²) in [5, 5.41) is 12.7. The molecule has 1 saturated heterocycles. The highest BCUT2D eigenvalue weighted by Gasteiger charge is 2.64. The van der Waals surface area contributed by atoms with Crippen LogP contribution in [0.15, 0.2) is 0 Å². The first kappa shape index (κ1) is 8.03. The first-order chi connectivity index (χ1) is 6.04. The van der Waals surface area contributed by atoms with E-state index in [0.717, 1.165) is 0 Å². The molecule has 1 aliphatic heterocycles. The minimum Gasteiger partial charge on any atom is -0.465 e. The van der Waals surface area contributed by atoms with Crippen LogP contribution in [0, 0.1) is 5.92 Å². The van der Waals surface area contributed by atoms with Gasteiger partial charge in [-0.2, -0.15) is 0 Å². The lowest BCUT2D eigenvalue weighted by Crippen LogP contribution is -2.54. The van der Waals surface area contributed by atoms with E-state index in [1.54, 1.807) is 0 Å². The van der Waals surface area contributed by atoms with Gasteiger partial charge < -0.3 is 10.4 Å². The molecule has 2 rings (SSSR count). The van der Waals surface area contributed by atoms with Gasteiger partial charge in [-0.1, -0.05) is 0 Å². The van der Waals surface area contributed by atoms with Gasteiger partial charge in [-0.25, -0.2) is 4.79 Å². The second-order valence-corrected chi connectivity index (χ2v) is 3.38. The lowest BCUT2D eigenvalue weighted by molar-refractivity contribution is -0.135. The summed E-state index contributed by atoms with van der Waals surface area (Å²) >= 11 is 0. The highest BCUT2D eigenvalue weighted by Crippen LogP contribution is 2.48. The van der Waals surface area contributed by atoms with Crippen molar-refractivity contribution < 1.29 is 19.5 Å². The SMILES string of the molecule is O=C(O)NC12CC1CC(=O)NC2=O. The Morgan fingerprint density at radius 2 is 2.31 bits per heavy atom. The Morgan fingerprint density at radius 3 is 2.85 bits per heavy atom. The van der Waals surface area contributed by atoms with E-state index in [2.05, 4.69) is 10.6 Å². The molecule has 0 spiro atoms. The first-order valence-electron chi connectivity index (χ1n) is 3.90. The summed E-state index contributed by atoms with van der Waals surface area (Å²) < 4.78 is 0. The van der Waals surface area contributed by atoms with E-state index in [-0.39, 0.29) is 18.2 Å². The van der Waals surface area contributed by atoms with E-state index >= 15 is 0 Å². The van der Waals surface area contributed by atoms with E-state index < -0.39 is 17.5 Å². The summed E-state index contributed by atoms with van der Waals surface area (Å²) in [5.74, 6) is -0.990. The van der Waals surface area contributed by atoms with Crippen molar-refractivity contribution in [1.82, 2.24) is 10.6 Å². The Balaban J connectivity index is 2.15. The maximum absolute atomic E-state index is 11.2. The smallest absolute Gasteiger partial charge is 0.405 e. The fraction of sp³-hybridized carbons (Fsp3) is 0.571. The molecule has 13 heavy (non-hydrogen) atoms. The number of hydrogen-bond donors (Lipinski definition) is 3. The number of hydrogen-bond acceptors (Lipinski definition) is 3. The first-order valence-corrected chi connectivity index (χ1v) is 3.90. The highest BCUT2D eigenvalue weighted by molar-refractivity contribution is 6.07. The molecule has 2 unspecified atom stereocenters. The number of carboxylic acid groups (broad SMARTS) is 1. The van der Waals surface area contributed by atoms with Crippen LogP contribution in [0.4, 0.5) is 4.79 Å². The molecule has 2 fully saturated rings. The van der Waals surface area contributed by atoms with Crippen LogP contribution in [0.5, 0.6) is 0 Å². The summed E-state index contributed by atoms with van der Waals surface area (Å²) in [4.78, 5) is 32.4. The standard InChI is InChI=1S/C7H8N2O4/c10-4-1-3-2-7(3,5(11)8-4)9-6(12)13/h3,9H,1-2H2,(H,12,13)(H,8,10,11). The third kappa shape index (κ3) is 1.06. The van der Waals surface area contributed by atoms with Crippen LogP contribution in [-0.2, 0) is 9.59 Å². The lowest BCUT2D eigenvalue weighted by atomic mass is 10.1. The summed E-state index contributed by atoms with van der Waals surface area (Å²) in [6.45, 7) is 0. The van der Waals surface area contributed by atoms with Gasteiger partial charge in [0, 0.05) is 12.3 Å². The molecule has 1 heterocycles. The Hall–Kier alpha value is -1.59. The number of piperidine rings is 1. The van der Waals surface area contributed by atoms with Crippen LogP contribution >= 0.6 is 0 Å². The van der Waals surface area contributed by atoms with Crippen LogP contribution in [-0.4, -0.2) is 28.6 Å². The van der Waals surface area contributed by atoms with E-state index in [9.17, 15) is 14.4 Å². The maximum Gasteiger partial charge on any atom is 0.405 e. The van der Waals surface area contributed by atoms with Crippen molar-refractivity contribution in [2.45, 2.75) is 18.4 Å². The molecule has 6 heteroatoms. The minimum atomic E-state index is -1.23. The van der Waals surface area contributed by atoms with Gasteiger partial charge in [0.05, 0.1) is 0 Å². The van der Waals surface area contributed by atoms with Crippen molar-refractivity contribution in [3.63, 3.8) is 0 Å². The molecule has 0 aromatic rings. The van der Waals surface area contributed by atoms with Crippen molar-refractivity contribution >= 4 is 17.9 Å². The Morgan fingerprint density at radius 1 is 1.62 bits per heavy atom. The molecule has 0 aromatic carbocycles. The predicted molar refractivity (Wildman–Crippen MR) is 39.8 cm³/mol. The van der Waals surface area contributed by atoms with Gasteiger partial charge in [0.1, 0.15) is 5.54 Å². The van der Waals surface area contributed by atoms with Gasteiger partial charge in [0.2, 0.25) is 5.91 Å². The largest absolute Gasteiger partial charge is 0.465 e. The highest BCUT2D eigenvalue weighted by atomic mass is 16.4. The molecule has 2 aliphatic rings. The van der Waals surface area contributed by atoms with Crippen LogP contribution in [0.25, 0.3) is 0 Å². The van der Waals surface area contributed by atoms with Crippen molar-refractivity contribution in [2.75, 3.05) is 0 Å². The van der Waals surface area contributed by atoms with E-state index in [4.69, 9.17) is 5.11 Å². The molecule has 1 aliphatic carbocycles. The van der Waals surface area contributed by atoms with Crippen molar-refractivity contribution in [2.24, 2.45) is 5.92 Å². The maximum atomic E-state index is 11.2. The zero-order valence-electron chi connectivity index (χ0n) is 6.66. The van der Waals surface area contributed by atoms with E-state index in [0.29, 0.717) is 6.42 Å². The molecule has 1 saturated carbocycles. The van der Waals surface area contributed by atoms with E-state index in [1.165, 1.54) is 0 Å². The number of imide groups is 1. The summed E-state index contributed by atoms with van der Waals surface area (Å²) in [6.07, 6.45) is -0.574. The van der Waals surface area contributed by atoms with Crippen LogP contribution in [0.3, 0.4) is 0 Å². The molecular formula is C7H8N2O4.